The summed E-state index contributed by atoms with van der Waals surface area (Å²) in [4.78, 5) is 0. The largest absolute Gasteiger partial charge is 2.00 e. The van der Waals surface area contributed by atoms with E-state index in [1.807, 2.05) is 0 Å². The molecule has 0 aliphatic heterocycles. The normalized spacial score (nSPS) is 19.3. The van der Waals surface area contributed by atoms with Crippen molar-refractivity contribution in [2.45, 2.75) is 70.3 Å². The van der Waals surface area contributed by atoms with Gasteiger partial charge in [-0.05, 0) is 0 Å². The van der Waals surface area contributed by atoms with Crippen LogP contribution in [0.3, 0.4) is 0 Å². The molecule has 0 bridgehead atoms. The summed E-state index contributed by atoms with van der Waals surface area (Å²) in [6, 6.07) is 0. The summed E-state index contributed by atoms with van der Waals surface area (Å²) in [6.07, 6.45) is 10.1. The summed E-state index contributed by atoms with van der Waals surface area (Å²) in [6.45, 7) is 2.19. The SMILES string of the molecule is CCCCCC1([O-])CCCCC1.[Cl-].[Mg+2]. The van der Waals surface area contributed by atoms with E-state index in [2.05, 4.69) is 6.92 Å². The van der Waals surface area contributed by atoms with Crippen molar-refractivity contribution >= 4 is 23.1 Å². The molecule has 3 heteroatoms. The Labute approximate surface area is 111 Å². The molecule has 0 amide bonds. The van der Waals surface area contributed by atoms with Gasteiger partial charge in [0.2, 0.25) is 0 Å². The summed E-state index contributed by atoms with van der Waals surface area (Å²) in [5.74, 6) is 0. The van der Waals surface area contributed by atoms with Crippen molar-refractivity contribution in [3.05, 3.63) is 0 Å². The van der Waals surface area contributed by atoms with Crippen LogP contribution in [0.4, 0.5) is 0 Å². The van der Waals surface area contributed by atoms with E-state index in [9.17, 15) is 5.11 Å². The van der Waals surface area contributed by atoms with Gasteiger partial charge in [0.25, 0.3) is 0 Å². The topological polar surface area (TPSA) is 23.1 Å². The maximum atomic E-state index is 12.0. The Morgan fingerprint density at radius 3 is 2.14 bits per heavy atom. The fourth-order valence-corrected chi connectivity index (χ4v) is 2.14. The molecule has 0 aromatic heterocycles. The summed E-state index contributed by atoms with van der Waals surface area (Å²) in [5.41, 5.74) is -0.520. The van der Waals surface area contributed by atoms with Gasteiger partial charge in [0.05, 0.1) is 0 Å². The number of hydrogen-bond acceptors (Lipinski definition) is 1. The first-order valence-electron chi connectivity index (χ1n) is 5.47. The molecular formula is C11H21ClMgO. The Morgan fingerprint density at radius 2 is 1.64 bits per heavy atom. The second-order valence-electron chi connectivity index (χ2n) is 4.20. The Balaban J connectivity index is 0. The fourth-order valence-electron chi connectivity index (χ4n) is 2.14. The standard InChI is InChI=1S/C11H21O.ClH.Mg/c1-2-3-5-8-11(12)9-6-4-7-10-11;;/h2-10H2,1H3;1H;/q-1;;+2/p-1. The van der Waals surface area contributed by atoms with Gasteiger partial charge in [-0.15, -0.1) is 5.60 Å². The van der Waals surface area contributed by atoms with Crippen molar-refractivity contribution < 1.29 is 17.5 Å². The molecule has 1 aliphatic carbocycles. The summed E-state index contributed by atoms with van der Waals surface area (Å²) < 4.78 is 0. The molecule has 0 aromatic rings. The third-order valence-electron chi connectivity index (χ3n) is 3.00. The van der Waals surface area contributed by atoms with Crippen LogP contribution in [0.15, 0.2) is 0 Å². The smallest absolute Gasteiger partial charge is 1.00 e. The van der Waals surface area contributed by atoms with Crippen LogP contribution in [0.5, 0.6) is 0 Å². The van der Waals surface area contributed by atoms with E-state index in [1.165, 1.54) is 32.1 Å². The van der Waals surface area contributed by atoms with Crippen LogP contribution in [0.25, 0.3) is 0 Å². The minimum atomic E-state index is -0.520. The van der Waals surface area contributed by atoms with E-state index in [-0.39, 0.29) is 35.5 Å². The first-order valence-corrected chi connectivity index (χ1v) is 5.47. The van der Waals surface area contributed by atoms with Gasteiger partial charge in [0.15, 0.2) is 0 Å². The zero-order valence-electron chi connectivity index (χ0n) is 9.36. The van der Waals surface area contributed by atoms with E-state index in [4.69, 9.17) is 0 Å². The van der Waals surface area contributed by atoms with E-state index >= 15 is 0 Å². The molecule has 1 fully saturated rings. The molecule has 0 saturated heterocycles. The Morgan fingerprint density at radius 1 is 1.07 bits per heavy atom. The first kappa shape index (κ1) is 17.4. The van der Waals surface area contributed by atoms with Crippen molar-refractivity contribution in [1.82, 2.24) is 0 Å². The van der Waals surface area contributed by atoms with Crippen LogP contribution in [0.1, 0.15) is 64.7 Å². The molecule has 0 spiro atoms. The van der Waals surface area contributed by atoms with Crippen molar-refractivity contribution in [1.29, 1.82) is 0 Å². The predicted molar refractivity (Wildman–Crippen MR) is 55.7 cm³/mol. The first-order chi connectivity index (χ1) is 5.77. The monoisotopic (exact) mass is 228 g/mol. The van der Waals surface area contributed by atoms with Crippen LogP contribution in [-0.4, -0.2) is 28.7 Å². The van der Waals surface area contributed by atoms with Crippen LogP contribution < -0.4 is 17.5 Å². The average Bonchev–Trinajstić information content (AvgIpc) is 2.06. The summed E-state index contributed by atoms with van der Waals surface area (Å²) in [5, 5.41) is 12.0. The van der Waals surface area contributed by atoms with E-state index in [0.717, 1.165) is 25.7 Å². The third-order valence-corrected chi connectivity index (χ3v) is 3.00. The molecule has 0 radical (unpaired) electrons. The van der Waals surface area contributed by atoms with Crippen LogP contribution in [0, 0.1) is 0 Å². The fraction of sp³-hybridized carbons (Fsp3) is 1.00. The maximum absolute atomic E-state index is 12.0. The Hall–Kier alpha value is 1.02. The van der Waals surface area contributed by atoms with Crippen molar-refractivity contribution in [3.63, 3.8) is 0 Å². The van der Waals surface area contributed by atoms with Gasteiger partial charge in [-0.2, -0.15) is 0 Å². The van der Waals surface area contributed by atoms with Crippen molar-refractivity contribution in [2.75, 3.05) is 0 Å². The number of unbranched alkanes of at least 4 members (excludes halogenated alkanes) is 2. The van der Waals surface area contributed by atoms with Gasteiger partial charge in [-0.1, -0.05) is 64.7 Å². The third kappa shape index (κ3) is 6.49. The second-order valence-corrected chi connectivity index (χ2v) is 4.20. The molecule has 0 atom stereocenters. The quantitative estimate of drug-likeness (QED) is 0.459. The van der Waals surface area contributed by atoms with Crippen LogP contribution >= 0.6 is 0 Å². The van der Waals surface area contributed by atoms with Crippen molar-refractivity contribution in [2.24, 2.45) is 0 Å². The molecule has 1 aliphatic rings. The number of rotatable bonds is 4. The molecule has 1 saturated carbocycles. The second kappa shape index (κ2) is 9.26. The molecule has 0 aromatic carbocycles. The van der Waals surface area contributed by atoms with Gasteiger partial charge < -0.3 is 17.5 Å². The molecule has 0 unspecified atom stereocenters. The van der Waals surface area contributed by atoms with E-state index in [1.54, 1.807) is 0 Å². The Bertz CT molecular complexity index is 124. The predicted octanol–water partition coefficient (Wildman–Crippen LogP) is -0.747. The van der Waals surface area contributed by atoms with E-state index in [0.29, 0.717) is 0 Å². The van der Waals surface area contributed by atoms with Gasteiger partial charge in [0, 0.05) is 0 Å². The van der Waals surface area contributed by atoms with E-state index < -0.39 is 5.60 Å². The minimum absolute atomic E-state index is 0. The zero-order chi connectivity index (χ0) is 8.86. The zero-order valence-corrected chi connectivity index (χ0v) is 11.5. The maximum Gasteiger partial charge on any atom is 2.00 e. The van der Waals surface area contributed by atoms with Gasteiger partial charge in [-0.25, -0.2) is 0 Å². The van der Waals surface area contributed by atoms with Crippen LogP contribution in [-0.2, 0) is 0 Å². The minimum Gasteiger partial charge on any atom is -1.00 e. The van der Waals surface area contributed by atoms with Crippen molar-refractivity contribution in [3.8, 4) is 0 Å². The molecule has 14 heavy (non-hydrogen) atoms. The molecule has 0 heterocycles. The summed E-state index contributed by atoms with van der Waals surface area (Å²) >= 11 is 0. The molecule has 1 rings (SSSR count). The summed E-state index contributed by atoms with van der Waals surface area (Å²) in [7, 11) is 0. The van der Waals surface area contributed by atoms with Gasteiger partial charge >= 0.3 is 23.1 Å². The molecule has 80 valence electrons. The van der Waals surface area contributed by atoms with Gasteiger partial charge in [0.1, 0.15) is 0 Å². The molecule has 0 N–H and O–H groups in total. The number of halogens is 1. The van der Waals surface area contributed by atoms with Gasteiger partial charge in [-0.3, -0.25) is 0 Å². The average molecular weight is 229 g/mol. The Kier molecular flexibility index (Phi) is 11.5. The molecular weight excluding hydrogens is 208 g/mol. The van der Waals surface area contributed by atoms with Crippen LogP contribution in [0.2, 0.25) is 0 Å². The molecule has 1 nitrogen and oxygen atoms in total. The number of hydrogen-bond donors (Lipinski definition) is 0.